The normalized spacial score (nSPS) is 11.1. The molecule has 0 saturated heterocycles. The molecule has 23 heavy (non-hydrogen) atoms. The van der Waals surface area contributed by atoms with Gasteiger partial charge in [-0.3, -0.25) is 4.79 Å². The summed E-state index contributed by atoms with van der Waals surface area (Å²) in [5.41, 5.74) is 4.05. The lowest BCUT2D eigenvalue weighted by Gasteiger charge is -2.24. The second kappa shape index (κ2) is 8.41. The number of carbonyl (C=O) groups is 1. The molecule has 2 aromatic rings. The summed E-state index contributed by atoms with van der Waals surface area (Å²) in [7, 11) is 0. The zero-order valence-corrected chi connectivity index (χ0v) is 14.6. The molecule has 0 aliphatic rings. The van der Waals surface area contributed by atoms with E-state index in [1.807, 2.05) is 13.0 Å². The number of halogens is 2. The highest BCUT2D eigenvalue weighted by Crippen LogP contribution is 2.27. The average molecular weight is 358 g/mol. The second-order valence-electron chi connectivity index (χ2n) is 5.40. The van der Waals surface area contributed by atoms with Crippen LogP contribution in [0.1, 0.15) is 24.2 Å². The molecule has 0 aliphatic heterocycles. The number of hydrogen-bond donors (Lipinski definition) is 2. The first-order chi connectivity index (χ1) is 11.1. The van der Waals surface area contributed by atoms with Gasteiger partial charge in [0.25, 0.3) is 0 Å². The Morgan fingerprint density at radius 3 is 2.61 bits per heavy atom. The summed E-state index contributed by atoms with van der Waals surface area (Å²) >= 11 is 11.8. The molecule has 2 N–H and O–H groups in total. The van der Waals surface area contributed by atoms with Gasteiger partial charge >= 0.3 is 5.97 Å². The summed E-state index contributed by atoms with van der Waals surface area (Å²) in [4.78, 5) is 20.7. The largest absolute Gasteiger partial charge is 0.481 e. The Kier molecular flexibility index (Phi) is 6.54. The predicted octanol–water partition coefficient (Wildman–Crippen LogP) is 3.56. The Morgan fingerprint density at radius 2 is 2.00 bits per heavy atom. The molecule has 5 nitrogen and oxygen atoms in total. The summed E-state index contributed by atoms with van der Waals surface area (Å²) in [6.07, 6.45) is 1.36. The lowest BCUT2D eigenvalue weighted by molar-refractivity contribution is -0.137. The van der Waals surface area contributed by atoms with Crippen molar-refractivity contribution in [3.05, 3.63) is 23.5 Å². The molecular formula is C16H21Cl2N3O2. The molecule has 0 saturated carbocycles. The number of anilines is 1. The van der Waals surface area contributed by atoms with E-state index in [1.54, 1.807) is 0 Å². The van der Waals surface area contributed by atoms with Crippen molar-refractivity contribution in [3.63, 3.8) is 0 Å². The van der Waals surface area contributed by atoms with Crippen molar-refractivity contribution in [2.24, 2.45) is 0 Å². The predicted molar refractivity (Wildman–Crippen MR) is 95.1 cm³/mol. The Morgan fingerprint density at radius 1 is 1.30 bits per heavy atom. The number of hydrogen-bond acceptors (Lipinski definition) is 3. The molecule has 0 fully saturated rings. The third-order valence-electron chi connectivity index (χ3n) is 3.78. The van der Waals surface area contributed by atoms with Crippen molar-refractivity contribution in [1.29, 1.82) is 0 Å². The first-order valence-electron chi connectivity index (χ1n) is 7.63. The van der Waals surface area contributed by atoms with Gasteiger partial charge in [-0.05, 0) is 25.5 Å². The van der Waals surface area contributed by atoms with E-state index in [4.69, 9.17) is 28.3 Å². The van der Waals surface area contributed by atoms with Crippen LogP contribution in [0.15, 0.2) is 12.1 Å². The van der Waals surface area contributed by atoms with Crippen molar-refractivity contribution in [2.75, 3.05) is 29.7 Å². The number of aromatic amines is 1. The molecule has 0 bridgehead atoms. The highest BCUT2D eigenvalue weighted by Gasteiger charge is 2.13. The highest BCUT2D eigenvalue weighted by molar-refractivity contribution is 6.18. The molecule has 0 amide bonds. The Hall–Kier alpha value is -1.46. The molecule has 0 unspecified atom stereocenters. The van der Waals surface area contributed by atoms with Gasteiger partial charge in [0.15, 0.2) is 0 Å². The van der Waals surface area contributed by atoms with Gasteiger partial charge in [0.2, 0.25) is 0 Å². The Balaban J connectivity index is 2.25. The summed E-state index contributed by atoms with van der Waals surface area (Å²) < 4.78 is 0. The van der Waals surface area contributed by atoms with Crippen LogP contribution in [-0.2, 0) is 11.2 Å². The number of nitrogens with zero attached hydrogens (tertiary/aromatic N) is 2. The molecule has 1 aromatic carbocycles. The van der Waals surface area contributed by atoms with Crippen LogP contribution in [0.4, 0.5) is 5.69 Å². The first kappa shape index (κ1) is 17.9. The maximum absolute atomic E-state index is 10.6. The number of benzene rings is 1. The quantitative estimate of drug-likeness (QED) is 0.673. The number of carboxylic acid groups (broad SMARTS) is 1. The van der Waals surface area contributed by atoms with Crippen LogP contribution in [-0.4, -0.2) is 45.9 Å². The Labute approximate surface area is 145 Å². The first-order valence-corrected chi connectivity index (χ1v) is 8.70. The van der Waals surface area contributed by atoms with Gasteiger partial charge < -0.3 is 15.0 Å². The maximum atomic E-state index is 10.6. The van der Waals surface area contributed by atoms with E-state index in [0.717, 1.165) is 41.2 Å². The highest BCUT2D eigenvalue weighted by atomic mass is 35.5. The van der Waals surface area contributed by atoms with E-state index in [1.165, 1.54) is 0 Å². The number of rotatable bonds is 9. The lowest BCUT2D eigenvalue weighted by Crippen LogP contribution is -2.28. The van der Waals surface area contributed by atoms with Crippen LogP contribution in [0.25, 0.3) is 11.0 Å². The van der Waals surface area contributed by atoms with Gasteiger partial charge in [-0.2, -0.15) is 0 Å². The second-order valence-corrected chi connectivity index (χ2v) is 6.16. The molecule has 7 heteroatoms. The number of aryl methyl sites for hydroxylation is 2. The minimum atomic E-state index is -0.780. The van der Waals surface area contributed by atoms with E-state index in [2.05, 4.69) is 20.9 Å². The van der Waals surface area contributed by atoms with Crippen LogP contribution < -0.4 is 4.90 Å². The summed E-state index contributed by atoms with van der Waals surface area (Å²) in [5, 5.41) is 8.72. The average Bonchev–Trinajstić information content (AvgIpc) is 2.91. The number of fused-ring (bicyclic) bond motifs is 1. The van der Waals surface area contributed by atoms with Crippen molar-refractivity contribution in [2.45, 2.75) is 26.2 Å². The van der Waals surface area contributed by atoms with Gasteiger partial charge in [0.05, 0.1) is 11.0 Å². The molecule has 1 heterocycles. The van der Waals surface area contributed by atoms with Crippen molar-refractivity contribution in [1.82, 2.24) is 9.97 Å². The lowest BCUT2D eigenvalue weighted by atomic mass is 10.1. The minimum Gasteiger partial charge on any atom is -0.481 e. The molecule has 1 aromatic heterocycles. The Bertz CT molecular complexity index is 667. The van der Waals surface area contributed by atoms with Gasteiger partial charge in [-0.1, -0.05) is 0 Å². The molecule has 126 valence electrons. The van der Waals surface area contributed by atoms with Crippen LogP contribution in [0.3, 0.4) is 0 Å². The van der Waals surface area contributed by atoms with E-state index in [9.17, 15) is 4.79 Å². The number of aromatic nitrogens is 2. The zero-order chi connectivity index (χ0) is 16.8. The standard InChI is InChI=1S/C16H21Cl2N3O2/c1-11-13(21(9-7-17)10-8-18)6-5-12-16(11)20-14(19-12)3-2-4-15(22)23/h5-6H,2-4,7-10H2,1H3,(H,19,20)(H,22,23). The van der Waals surface area contributed by atoms with Gasteiger partial charge in [-0.25, -0.2) is 4.98 Å². The summed E-state index contributed by atoms with van der Waals surface area (Å²) in [6, 6.07) is 4.05. The van der Waals surface area contributed by atoms with E-state index in [-0.39, 0.29) is 6.42 Å². The minimum absolute atomic E-state index is 0.153. The molecule has 0 radical (unpaired) electrons. The van der Waals surface area contributed by atoms with E-state index >= 15 is 0 Å². The van der Waals surface area contributed by atoms with Crippen LogP contribution >= 0.6 is 23.2 Å². The van der Waals surface area contributed by atoms with E-state index in [0.29, 0.717) is 24.6 Å². The number of H-pyrrole nitrogens is 1. The number of carboxylic acids is 1. The summed E-state index contributed by atoms with van der Waals surface area (Å²) in [6.45, 7) is 3.50. The van der Waals surface area contributed by atoms with Crippen molar-refractivity contribution in [3.8, 4) is 0 Å². The zero-order valence-electron chi connectivity index (χ0n) is 13.1. The third kappa shape index (κ3) is 4.52. The third-order valence-corrected chi connectivity index (χ3v) is 4.12. The van der Waals surface area contributed by atoms with Crippen LogP contribution in [0, 0.1) is 6.92 Å². The van der Waals surface area contributed by atoms with Gasteiger partial charge in [0.1, 0.15) is 5.82 Å². The molecular weight excluding hydrogens is 337 g/mol. The number of aliphatic carboxylic acids is 1. The number of nitrogens with one attached hydrogen (secondary N) is 1. The van der Waals surface area contributed by atoms with E-state index < -0.39 is 5.97 Å². The molecule has 0 aliphatic carbocycles. The van der Waals surface area contributed by atoms with Crippen molar-refractivity contribution >= 4 is 45.9 Å². The molecule has 2 rings (SSSR count). The number of alkyl halides is 2. The molecule has 0 spiro atoms. The van der Waals surface area contributed by atoms with Gasteiger partial charge in [-0.15, -0.1) is 23.2 Å². The smallest absolute Gasteiger partial charge is 0.303 e. The summed E-state index contributed by atoms with van der Waals surface area (Å²) in [5.74, 6) is 1.12. The SMILES string of the molecule is Cc1c(N(CCCl)CCCl)ccc2[nH]c(CCCC(=O)O)nc12. The fourth-order valence-corrected chi connectivity index (χ4v) is 3.09. The number of imidazole rings is 1. The fraction of sp³-hybridized carbons (Fsp3) is 0.500. The maximum Gasteiger partial charge on any atom is 0.303 e. The fourth-order valence-electron chi connectivity index (χ4n) is 2.68. The van der Waals surface area contributed by atoms with Crippen LogP contribution in [0.2, 0.25) is 0 Å². The topological polar surface area (TPSA) is 69.2 Å². The monoisotopic (exact) mass is 357 g/mol. The molecule has 0 atom stereocenters. The van der Waals surface area contributed by atoms with Crippen LogP contribution in [0.5, 0.6) is 0 Å². The van der Waals surface area contributed by atoms with Crippen molar-refractivity contribution < 1.29 is 9.90 Å². The van der Waals surface area contributed by atoms with Gasteiger partial charge in [0, 0.05) is 48.9 Å².